The van der Waals surface area contributed by atoms with Crippen LogP contribution in [0, 0.1) is 6.92 Å². The average molecular weight is 296 g/mol. The Morgan fingerprint density at radius 3 is 2.95 bits per heavy atom. The van der Waals surface area contributed by atoms with Crippen molar-refractivity contribution in [1.82, 2.24) is 15.0 Å². The Labute approximate surface area is 127 Å². The number of hydrogen-bond acceptors (Lipinski definition) is 6. The van der Waals surface area contributed by atoms with Gasteiger partial charge in [0.2, 0.25) is 0 Å². The molecule has 112 valence electrons. The molecule has 1 saturated heterocycles. The molecule has 6 heteroatoms. The van der Waals surface area contributed by atoms with Crippen LogP contribution >= 0.6 is 0 Å². The minimum atomic E-state index is 0.0756. The number of pyridine rings is 1. The molecule has 0 aromatic carbocycles. The first-order chi connectivity index (χ1) is 10.8. The number of nitrogens with zero attached hydrogens (tertiary/aromatic N) is 4. The summed E-state index contributed by atoms with van der Waals surface area (Å²) in [6, 6.07) is 4.27. The average Bonchev–Trinajstić information content (AvgIpc) is 3.18. The molecule has 22 heavy (non-hydrogen) atoms. The van der Waals surface area contributed by atoms with Gasteiger partial charge in [0.05, 0.1) is 18.2 Å². The van der Waals surface area contributed by atoms with Crippen LogP contribution in [0.25, 0.3) is 11.0 Å². The maximum absolute atomic E-state index is 5.86. The second-order valence-electron chi connectivity index (χ2n) is 5.48. The Morgan fingerprint density at radius 2 is 2.09 bits per heavy atom. The third kappa shape index (κ3) is 2.36. The van der Waals surface area contributed by atoms with E-state index in [2.05, 4.69) is 19.9 Å². The molecule has 1 fully saturated rings. The number of fused-ring (bicyclic) bond motifs is 1. The maximum Gasteiger partial charge on any atom is 0.316 e. The largest absolute Gasteiger partial charge is 0.464 e. The van der Waals surface area contributed by atoms with Crippen molar-refractivity contribution < 1.29 is 9.15 Å². The minimum absolute atomic E-state index is 0.0756. The number of aromatic nitrogens is 3. The molecule has 0 bridgehead atoms. The zero-order valence-electron chi connectivity index (χ0n) is 12.3. The van der Waals surface area contributed by atoms with Crippen LogP contribution in [0.4, 0.5) is 5.82 Å². The van der Waals surface area contributed by atoms with Crippen molar-refractivity contribution in [2.75, 3.05) is 18.0 Å². The molecule has 4 rings (SSSR count). The Kier molecular flexibility index (Phi) is 3.14. The predicted molar refractivity (Wildman–Crippen MR) is 82.0 cm³/mol. The van der Waals surface area contributed by atoms with Crippen molar-refractivity contribution in [1.29, 1.82) is 0 Å². The molecule has 0 radical (unpaired) electrons. The summed E-state index contributed by atoms with van der Waals surface area (Å²) in [6.45, 7) is 3.63. The van der Waals surface area contributed by atoms with E-state index in [0.29, 0.717) is 6.01 Å². The van der Waals surface area contributed by atoms with Crippen LogP contribution in [0.3, 0.4) is 0 Å². The number of rotatable bonds is 3. The molecule has 0 spiro atoms. The van der Waals surface area contributed by atoms with E-state index in [1.54, 1.807) is 24.9 Å². The smallest absolute Gasteiger partial charge is 0.316 e. The van der Waals surface area contributed by atoms with Gasteiger partial charge in [-0.05, 0) is 24.6 Å². The lowest BCUT2D eigenvalue weighted by Crippen LogP contribution is -2.25. The third-order valence-corrected chi connectivity index (χ3v) is 3.83. The summed E-state index contributed by atoms with van der Waals surface area (Å²) >= 11 is 0. The van der Waals surface area contributed by atoms with Gasteiger partial charge in [0.1, 0.15) is 17.5 Å². The van der Waals surface area contributed by atoms with Crippen molar-refractivity contribution in [2.45, 2.75) is 19.4 Å². The van der Waals surface area contributed by atoms with Crippen LogP contribution < -0.4 is 9.64 Å². The molecule has 0 amide bonds. The molecule has 1 aliphatic heterocycles. The summed E-state index contributed by atoms with van der Waals surface area (Å²) < 4.78 is 11.3. The molecule has 1 aliphatic rings. The fourth-order valence-corrected chi connectivity index (χ4v) is 2.74. The fourth-order valence-electron chi connectivity index (χ4n) is 2.74. The van der Waals surface area contributed by atoms with Gasteiger partial charge in [-0.2, -0.15) is 0 Å². The third-order valence-electron chi connectivity index (χ3n) is 3.83. The first-order valence-electron chi connectivity index (χ1n) is 7.32. The van der Waals surface area contributed by atoms with E-state index >= 15 is 0 Å². The number of ether oxygens (including phenoxy) is 1. The van der Waals surface area contributed by atoms with E-state index in [4.69, 9.17) is 9.15 Å². The standard InChI is InChI=1S/C16H16N4O2/c1-11-8-18-16(19-9-11)22-12-3-6-20(10-12)15-13-4-7-21-14(13)2-5-17-15/h2,4-5,7-9,12H,3,6,10H2,1H3. The predicted octanol–water partition coefficient (Wildman–Crippen LogP) is 2.58. The summed E-state index contributed by atoms with van der Waals surface area (Å²) in [6.07, 6.45) is 8.00. The van der Waals surface area contributed by atoms with Gasteiger partial charge in [-0.25, -0.2) is 15.0 Å². The highest BCUT2D eigenvalue weighted by Crippen LogP contribution is 2.28. The molecule has 1 atom stereocenters. The highest BCUT2D eigenvalue weighted by atomic mass is 16.5. The number of hydrogen-bond donors (Lipinski definition) is 0. The normalized spacial score (nSPS) is 18.0. The molecule has 0 aliphatic carbocycles. The molecule has 6 nitrogen and oxygen atoms in total. The van der Waals surface area contributed by atoms with Crippen LogP contribution in [0.2, 0.25) is 0 Å². The van der Waals surface area contributed by atoms with E-state index in [1.165, 1.54) is 0 Å². The van der Waals surface area contributed by atoms with Crippen molar-refractivity contribution in [2.24, 2.45) is 0 Å². The molecule has 1 unspecified atom stereocenters. The van der Waals surface area contributed by atoms with Gasteiger partial charge in [-0.3, -0.25) is 0 Å². The molecule has 0 saturated carbocycles. The summed E-state index contributed by atoms with van der Waals surface area (Å²) in [5.74, 6) is 0.946. The summed E-state index contributed by atoms with van der Waals surface area (Å²) in [5, 5.41) is 1.04. The topological polar surface area (TPSA) is 64.3 Å². The van der Waals surface area contributed by atoms with Gasteiger partial charge in [-0.15, -0.1) is 0 Å². The van der Waals surface area contributed by atoms with E-state index < -0.39 is 0 Å². The zero-order valence-corrected chi connectivity index (χ0v) is 12.3. The van der Waals surface area contributed by atoms with Gasteiger partial charge < -0.3 is 14.1 Å². The van der Waals surface area contributed by atoms with Gasteiger partial charge in [0, 0.05) is 31.6 Å². The maximum atomic E-state index is 5.86. The van der Waals surface area contributed by atoms with Crippen molar-refractivity contribution in [3.8, 4) is 6.01 Å². The highest BCUT2D eigenvalue weighted by molar-refractivity contribution is 5.88. The van der Waals surface area contributed by atoms with E-state index in [0.717, 1.165) is 41.9 Å². The van der Waals surface area contributed by atoms with Gasteiger partial charge >= 0.3 is 6.01 Å². The first kappa shape index (κ1) is 13.1. The van der Waals surface area contributed by atoms with Crippen LogP contribution in [0.5, 0.6) is 6.01 Å². The number of furan rings is 1. The molecule has 4 heterocycles. The summed E-state index contributed by atoms with van der Waals surface area (Å²) in [4.78, 5) is 15.1. The minimum Gasteiger partial charge on any atom is -0.464 e. The lowest BCUT2D eigenvalue weighted by atomic mass is 10.3. The Bertz CT molecular complexity index is 784. The lowest BCUT2D eigenvalue weighted by Gasteiger charge is -2.18. The van der Waals surface area contributed by atoms with Gasteiger partial charge in [0.15, 0.2) is 0 Å². The van der Waals surface area contributed by atoms with E-state index in [-0.39, 0.29) is 6.10 Å². The second-order valence-corrected chi connectivity index (χ2v) is 5.48. The second kappa shape index (κ2) is 5.29. The summed E-state index contributed by atoms with van der Waals surface area (Å²) in [7, 11) is 0. The lowest BCUT2D eigenvalue weighted by molar-refractivity contribution is 0.206. The van der Waals surface area contributed by atoms with Crippen LogP contribution in [0.1, 0.15) is 12.0 Å². The summed E-state index contributed by atoms with van der Waals surface area (Å²) in [5.41, 5.74) is 1.88. The molecular formula is C16H16N4O2. The van der Waals surface area contributed by atoms with Crippen LogP contribution in [-0.2, 0) is 0 Å². The van der Waals surface area contributed by atoms with Crippen molar-refractivity contribution >= 4 is 16.8 Å². The molecule has 0 N–H and O–H groups in total. The van der Waals surface area contributed by atoms with Crippen molar-refractivity contribution in [3.63, 3.8) is 0 Å². The van der Waals surface area contributed by atoms with E-state index in [9.17, 15) is 0 Å². The quantitative estimate of drug-likeness (QED) is 0.740. The molecular weight excluding hydrogens is 280 g/mol. The molecule has 3 aromatic rings. The van der Waals surface area contributed by atoms with Gasteiger partial charge in [0.25, 0.3) is 0 Å². The Hall–Kier alpha value is -2.63. The first-order valence-corrected chi connectivity index (χ1v) is 7.32. The van der Waals surface area contributed by atoms with Gasteiger partial charge in [-0.1, -0.05) is 0 Å². The number of aryl methyl sites for hydroxylation is 1. The SMILES string of the molecule is Cc1cnc(OC2CCN(c3nccc4occc34)C2)nc1. The fraction of sp³-hybridized carbons (Fsp3) is 0.312. The zero-order chi connectivity index (χ0) is 14.9. The number of anilines is 1. The molecule has 3 aromatic heterocycles. The van der Waals surface area contributed by atoms with E-state index in [1.807, 2.05) is 19.1 Å². The van der Waals surface area contributed by atoms with Crippen LogP contribution in [-0.4, -0.2) is 34.1 Å². The highest BCUT2D eigenvalue weighted by Gasteiger charge is 2.27. The Morgan fingerprint density at radius 1 is 1.23 bits per heavy atom. The van der Waals surface area contributed by atoms with Crippen molar-refractivity contribution in [3.05, 3.63) is 42.5 Å². The van der Waals surface area contributed by atoms with Crippen LogP contribution in [0.15, 0.2) is 41.4 Å². The Balaban J connectivity index is 1.50. The monoisotopic (exact) mass is 296 g/mol.